The predicted molar refractivity (Wildman–Crippen MR) is 59.4 cm³/mol. The molecule has 15 heavy (non-hydrogen) atoms. The van der Waals surface area contributed by atoms with Gasteiger partial charge < -0.3 is 4.98 Å². The topological polar surface area (TPSA) is 45.8 Å². The monoisotopic (exact) mass is 270 g/mol. The van der Waals surface area contributed by atoms with E-state index in [1.807, 2.05) is 0 Å². The Bertz CT molecular complexity index is 579. The van der Waals surface area contributed by atoms with Crippen LogP contribution in [-0.4, -0.2) is 9.97 Å². The van der Waals surface area contributed by atoms with E-state index >= 15 is 0 Å². The molecule has 0 spiro atoms. The summed E-state index contributed by atoms with van der Waals surface area (Å²) in [5.41, 5.74) is 0.699. The molecule has 0 aliphatic rings. The number of fused-ring (bicyclic) bond motifs is 1. The average Bonchev–Trinajstić information content (AvgIpc) is 2.16. The zero-order chi connectivity index (χ0) is 11.0. The molecule has 1 heterocycles. The first-order chi connectivity index (χ1) is 7.11. The summed E-state index contributed by atoms with van der Waals surface area (Å²) in [7, 11) is 0. The van der Waals surface area contributed by atoms with Gasteiger partial charge in [0.15, 0.2) is 5.82 Å². The highest BCUT2D eigenvalue weighted by Gasteiger charge is 2.08. The lowest BCUT2D eigenvalue weighted by molar-refractivity contribution is 0.634. The number of halogens is 2. The summed E-state index contributed by atoms with van der Waals surface area (Å²) in [4.78, 5) is 18.0. The van der Waals surface area contributed by atoms with E-state index in [4.69, 9.17) is 0 Å². The Morgan fingerprint density at radius 2 is 2.27 bits per heavy atom. The maximum Gasteiger partial charge on any atom is 0.270 e. The van der Waals surface area contributed by atoms with Gasteiger partial charge in [0.2, 0.25) is 0 Å². The largest absolute Gasteiger partial charge is 0.319 e. The quantitative estimate of drug-likeness (QED) is 0.865. The first-order valence-electron chi connectivity index (χ1n) is 4.49. The molecular weight excluding hydrogens is 263 g/mol. The number of nitrogens with one attached hydrogen (secondary N) is 1. The fourth-order valence-corrected chi connectivity index (χ4v) is 1.82. The average molecular weight is 271 g/mol. The molecule has 0 aliphatic heterocycles. The Labute approximate surface area is 93.5 Å². The molecule has 5 heteroatoms. The summed E-state index contributed by atoms with van der Waals surface area (Å²) >= 11 is 3.15. The fourth-order valence-electron chi connectivity index (χ4n) is 1.39. The zero-order valence-corrected chi connectivity index (χ0v) is 9.56. The molecule has 0 saturated carbocycles. The Morgan fingerprint density at radius 1 is 1.53 bits per heavy atom. The standard InChI is InChI=1S/C10H8BrFN2O/c1-2-7-10(15)14-8-4-5(11)3-6(12)9(8)13-7/h3-4H,2H2,1H3,(H,14,15). The van der Waals surface area contributed by atoms with Gasteiger partial charge in [0.1, 0.15) is 11.2 Å². The van der Waals surface area contributed by atoms with E-state index in [9.17, 15) is 9.18 Å². The van der Waals surface area contributed by atoms with E-state index in [1.54, 1.807) is 13.0 Å². The van der Waals surface area contributed by atoms with Crippen LogP contribution in [0.4, 0.5) is 4.39 Å². The highest BCUT2D eigenvalue weighted by molar-refractivity contribution is 9.10. The Balaban J connectivity index is 2.87. The van der Waals surface area contributed by atoms with Gasteiger partial charge in [0, 0.05) is 4.47 Å². The van der Waals surface area contributed by atoms with Crippen LogP contribution in [0.1, 0.15) is 12.6 Å². The minimum atomic E-state index is -0.440. The van der Waals surface area contributed by atoms with Crippen molar-refractivity contribution >= 4 is 27.0 Å². The van der Waals surface area contributed by atoms with Gasteiger partial charge in [-0.3, -0.25) is 4.79 Å². The minimum Gasteiger partial charge on any atom is -0.319 e. The maximum atomic E-state index is 13.5. The number of aromatic amines is 1. The summed E-state index contributed by atoms with van der Waals surface area (Å²) in [5, 5.41) is 0. The second kappa shape index (κ2) is 3.73. The molecule has 0 aliphatic carbocycles. The van der Waals surface area contributed by atoms with E-state index in [0.717, 1.165) is 0 Å². The summed E-state index contributed by atoms with van der Waals surface area (Å²) in [6, 6.07) is 2.96. The van der Waals surface area contributed by atoms with Crippen LogP contribution in [0.5, 0.6) is 0 Å². The molecule has 0 radical (unpaired) electrons. The van der Waals surface area contributed by atoms with Crippen LogP contribution in [0.3, 0.4) is 0 Å². The molecular formula is C10H8BrFN2O. The van der Waals surface area contributed by atoms with Gasteiger partial charge in [-0.2, -0.15) is 0 Å². The summed E-state index contributed by atoms with van der Waals surface area (Å²) in [5.74, 6) is -0.440. The number of rotatable bonds is 1. The number of hydrogen-bond acceptors (Lipinski definition) is 2. The molecule has 0 saturated heterocycles. The molecule has 0 bridgehead atoms. The Kier molecular flexibility index (Phi) is 2.56. The molecule has 1 aromatic carbocycles. The van der Waals surface area contributed by atoms with Crippen LogP contribution >= 0.6 is 15.9 Å². The molecule has 0 unspecified atom stereocenters. The third-order valence-electron chi connectivity index (χ3n) is 2.12. The van der Waals surface area contributed by atoms with Crippen molar-refractivity contribution in [3.8, 4) is 0 Å². The van der Waals surface area contributed by atoms with Crippen LogP contribution in [0.25, 0.3) is 11.0 Å². The smallest absolute Gasteiger partial charge is 0.270 e. The summed E-state index contributed by atoms with van der Waals surface area (Å²) < 4.78 is 14.1. The van der Waals surface area contributed by atoms with Crippen molar-refractivity contribution in [1.29, 1.82) is 0 Å². The first kappa shape index (κ1) is 10.3. The van der Waals surface area contributed by atoms with E-state index in [1.165, 1.54) is 6.07 Å². The molecule has 1 N–H and O–H groups in total. The molecule has 2 aromatic rings. The predicted octanol–water partition coefficient (Wildman–Crippen LogP) is 2.39. The molecule has 3 nitrogen and oxygen atoms in total. The fraction of sp³-hybridized carbons (Fsp3) is 0.200. The molecule has 1 aromatic heterocycles. The number of aryl methyl sites for hydroxylation is 1. The molecule has 0 atom stereocenters. The van der Waals surface area contributed by atoms with Gasteiger partial charge >= 0.3 is 0 Å². The Hall–Kier alpha value is -1.23. The van der Waals surface area contributed by atoms with E-state index in [-0.39, 0.29) is 11.1 Å². The van der Waals surface area contributed by atoms with Crippen molar-refractivity contribution in [2.45, 2.75) is 13.3 Å². The van der Waals surface area contributed by atoms with Gasteiger partial charge in [0.25, 0.3) is 5.56 Å². The highest BCUT2D eigenvalue weighted by Crippen LogP contribution is 2.19. The van der Waals surface area contributed by atoms with Crippen LogP contribution in [0, 0.1) is 5.82 Å². The summed E-state index contributed by atoms with van der Waals surface area (Å²) in [6.45, 7) is 1.81. The van der Waals surface area contributed by atoms with Gasteiger partial charge in [-0.25, -0.2) is 9.37 Å². The van der Waals surface area contributed by atoms with Crippen molar-refractivity contribution in [3.05, 3.63) is 38.5 Å². The van der Waals surface area contributed by atoms with Crippen molar-refractivity contribution in [1.82, 2.24) is 9.97 Å². The van der Waals surface area contributed by atoms with Gasteiger partial charge in [0.05, 0.1) is 5.52 Å². The lowest BCUT2D eigenvalue weighted by atomic mass is 10.2. The van der Waals surface area contributed by atoms with Gasteiger partial charge in [-0.15, -0.1) is 0 Å². The van der Waals surface area contributed by atoms with Crippen molar-refractivity contribution in [3.63, 3.8) is 0 Å². The van der Waals surface area contributed by atoms with Gasteiger partial charge in [-0.1, -0.05) is 22.9 Å². The second-order valence-electron chi connectivity index (χ2n) is 3.15. The van der Waals surface area contributed by atoms with E-state index in [2.05, 4.69) is 25.9 Å². The molecule has 0 amide bonds. The number of aromatic nitrogens is 2. The van der Waals surface area contributed by atoms with Crippen molar-refractivity contribution < 1.29 is 4.39 Å². The van der Waals surface area contributed by atoms with E-state index < -0.39 is 5.82 Å². The zero-order valence-electron chi connectivity index (χ0n) is 7.97. The minimum absolute atomic E-state index is 0.203. The molecule has 2 rings (SSSR count). The third kappa shape index (κ3) is 1.79. The first-order valence-corrected chi connectivity index (χ1v) is 5.29. The third-order valence-corrected chi connectivity index (χ3v) is 2.58. The van der Waals surface area contributed by atoms with Crippen LogP contribution in [-0.2, 0) is 6.42 Å². The summed E-state index contributed by atoms with van der Waals surface area (Å²) in [6.07, 6.45) is 0.487. The SMILES string of the molecule is CCc1nc2c(F)cc(Br)cc2[nH]c1=O. The number of hydrogen-bond donors (Lipinski definition) is 1. The maximum absolute atomic E-state index is 13.5. The van der Waals surface area contributed by atoms with Gasteiger partial charge in [-0.05, 0) is 18.6 Å². The number of nitrogens with zero attached hydrogens (tertiary/aromatic N) is 1. The van der Waals surface area contributed by atoms with E-state index in [0.29, 0.717) is 22.1 Å². The second-order valence-corrected chi connectivity index (χ2v) is 4.07. The van der Waals surface area contributed by atoms with Crippen LogP contribution in [0.15, 0.2) is 21.4 Å². The van der Waals surface area contributed by atoms with Crippen molar-refractivity contribution in [2.75, 3.05) is 0 Å². The lowest BCUT2D eigenvalue weighted by Crippen LogP contribution is -2.14. The number of benzene rings is 1. The number of H-pyrrole nitrogens is 1. The van der Waals surface area contributed by atoms with Crippen LogP contribution in [0.2, 0.25) is 0 Å². The lowest BCUT2D eigenvalue weighted by Gasteiger charge is -2.02. The molecule has 0 fully saturated rings. The van der Waals surface area contributed by atoms with Crippen molar-refractivity contribution in [2.24, 2.45) is 0 Å². The van der Waals surface area contributed by atoms with Crippen LogP contribution < -0.4 is 5.56 Å². The normalized spacial score (nSPS) is 10.9. The molecule has 78 valence electrons. The Morgan fingerprint density at radius 3 is 2.93 bits per heavy atom. The highest BCUT2D eigenvalue weighted by atomic mass is 79.9.